The fraction of sp³-hybridized carbons (Fsp3) is 0.250. The summed E-state index contributed by atoms with van der Waals surface area (Å²) in [6, 6.07) is 10.9. The van der Waals surface area contributed by atoms with Gasteiger partial charge in [0.05, 0.1) is 17.2 Å². The number of rotatable bonds is 4. The van der Waals surface area contributed by atoms with Crippen LogP contribution >= 0.6 is 11.3 Å². The van der Waals surface area contributed by atoms with Gasteiger partial charge in [-0.3, -0.25) is 14.5 Å². The second-order valence-electron chi connectivity index (χ2n) is 4.85. The Kier molecular flexibility index (Phi) is 3.40. The Morgan fingerprint density at radius 3 is 2.20 bits per heavy atom. The highest BCUT2D eigenvalue weighted by Gasteiger charge is 2.40. The van der Waals surface area contributed by atoms with Gasteiger partial charge in [0.2, 0.25) is 0 Å². The first-order chi connectivity index (χ1) is 9.74. The molecule has 2 amide bonds. The first kappa shape index (κ1) is 13.1. The fourth-order valence-corrected chi connectivity index (χ4v) is 3.50. The van der Waals surface area contributed by atoms with Gasteiger partial charge in [0.25, 0.3) is 11.8 Å². The molecular formula is C16H15NO2S. The number of hydrogen-bond donors (Lipinski definition) is 0. The van der Waals surface area contributed by atoms with Gasteiger partial charge in [0, 0.05) is 4.88 Å². The number of carbonyl (C=O) groups excluding carboxylic acids is 2. The number of hydrogen-bond acceptors (Lipinski definition) is 3. The molecule has 102 valence electrons. The highest BCUT2D eigenvalue weighted by atomic mass is 32.1. The van der Waals surface area contributed by atoms with Crippen LogP contribution < -0.4 is 0 Å². The number of imide groups is 1. The molecule has 0 bridgehead atoms. The molecule has 0 spiro atoms. The topological polar surface area (TPSA) is 37.4 Å². The minimum atomic E-state index is -0.169. The van der Waals surface area contributed by atoms with Crippen molar-refractivity contribution in [2.75, 3.05) is 0 Å². The molecule has 1 aliphatic rings. The molecule has 3 rings (SSSR count). The molecule has 20 heavy (non-hydrogen) atoms. The maximum absolute atomic E-state index is 12.5. The lowest BCUT2D eigenvalue weighted by Crippen LogP contribution is -2.33. The van der Waals surface area contributed by atoms with Crippen molar-refractivity contribution >= 4 is 23.2 Å². The van der Waals surface area contributed by atoms with E-state index in [4.69, 9.17) is 0 Å². The third kappa shape index (κ3) is 1.96. The maximum Gasteiger partial charge on any atom is 0.262 e. The molecule has 0 radical (unpaired) electrons. The normalized spacial score (nSPS) is 15.6. The van der Waals surface area contributed by atoms with Crippen molar-refractivity contribution in [2.24, 2.45) is 0 Å². The minimum Gasteiger partial charge on any atom is -0.269 e. The summed E-state index contributed by atoms with van der Waals surface area (Å²) in [5.74, 6) is -0.338. The van der Waals surface area contributed by atoms with E-state index in [1.165, 1.54) is 4.90 Å². The van der Waals surface area contributed by atoms with E-state index in [1.807, 2.05) is 17.5 Å². The van der Waals surface area contributed by atoms with Crippen LogP contribution in [0, 0.1) is 0 Å². The Morgan fingerprint density at radius 1 is 1.05 bits per heavy atom. The molecule has 3 nitrogen and oxygen atoms in total. The fourth-order valence-electron chi connectivity index (χ4n) is 2.64. The Morgan fingerprint density at radius 2 is 1.70 bits per heavy atom. The quantitative estimate of drug-likeness (QED) is 0.799. The molecule has 1 aromatic heterocycles. The van der Waals surface area contributed by atoms with Crippen molar-refractivity contribution in [2.45, 2.75) is 25.8 Å². The molecule has 0 aliphatic carbocycles. The largest absolute Gasteiger partial charge is 0.269 e. The molecule has 1 unspecified atom stereocenters. The van der Waals surface area contributed by atoms with E-state index in [0.717, 1.165) is 17.7 Å². The summed E-state index contributed by atoms with van der Waals surface area (Å²) in [6.45, 7) is 2.07. The minimum absolute atomic E-state index is 0.146. The van der Waals surface area contributed by atoms with Crippen molar-refractivity contribution in [3.8, 4) is 0 Å². The van der Waals surface area contributed by atoms with Crippen molar-refractivity contribution in [1.82, 2.24) is 4.90 Å². The van der Waals surface area contributed by atoms with Crippen LogP contribution in [0.4, 0.5) is 0 Å². The van der Waals surface area contributed by atoms with E-state index in [2.05, 4.69) is 6.92 Å². The highest BCUT2D eigenvalue weighted by Crippen LogP contribution is 2.35. The van der Waals surface area contributed by atoms with Crippen LogP contribution in [-0.2, 0) is 0 Å². The average Bonchev–Trinajstić information content (AvgIpc) is 3.07. The lowest BCUT2D eigenvalue weighted by Gasteiger charge is -2.25. The van der Waals surface area contributed by atoms with E-state index >= 15 is 0 Å². The predicted molar refractivity (Wildman–Crippen MR) is 78.9 cm³/mol. The summed E-state index contributed by atoms with van der Waals surface area (Å²) < 4.78 is 0. The summed E-state index contributed by atoms with van der Waals surface area (Å²) in [4.78, 5) is 27.6. The van der Waals surface area contributed by atoms with E-state index in [-0.39, 0.29) is 17.9 Å². The van der Waals surface area contributed by atoms with Crippen LogP contribution in [0.15, 0.2) is 41.8 Å². The van der Waals surface area contributed by atoms with Crippen LogP contribution in [-0.4, -0.2) is 16.7 Å². The zero-order valence-electron chi connectivity index (χ0n) is 11.2. The van der Waals surface area contributed by atoms with Gasteiger partial charge in [0.15, 0.2) is 0 Å². The van der Waals surface area contributed by atoms with Gasteiger partial charge in [-0.2, -0.15) is 0 Å². The van der Waals surface area contributed by atoms with Crippen molar-refractivity contribution < 1.29 is 9.59 Å². The number of fused-ring (bicyclic) bond motifs is 1. The van der Waals surface area contributed by atoms with Gasteiger partial charge in [0.1, 0.15) is 0 Å². The second kappa shape index (κ2) is 5.21. The van der Waals surface area contributed by atoms with Gasteiger partial charge in [-0.05, 0) is 30.0 Å². The number of thiophene rings is 1. The molecule has 0 fully saturated rings. The molecule has 0 N–H and O–H groups in total. The van der Waals surface area contributed by atoms with E-state index in [1.54, 1.807) is 35.6 Å². The predicted octanol–water partition coefficient (Wildman–Crippen LogP) is 3.89. The van der Waals surface area contributed by atoms with E-state index in [9.17, 15) is 9.59 Å². The number of benzene rings is 1. The molecular weight excluding hydrogens is 270 g/mol. The maximum atomic E-state index is 12.5. The summed E-state index contributed by atoms with van der Waals surface area (Å²) in [5.41, 5.74) is 1.05. The lowest BCUT2D eigenvalue weighted by atomic mass is 10.1. The van der Waals surface area contributed by atoms with Crippen LogP contribution in [0.25, 0.3) is 0 Å². The van der Waals surface area contributed by atoms with Crippen LogP contribution in [0.2, 0.25) is 0 Å². The summed E-state index contributed by atoms with van der Waals surface area (Å²) in [6.07, 6.45) is 1.72. The van der Waals surface area contributed by atoms with Gasteiger partial charge in [-0.15, -0.1) is 11.3 Å². The molecule has 0 saturated heterocycles. The number of nitrogens with zero attached hydrogens (tertiary/aromatic N) is 1. The lowest BCUT2D eigenvalue weighted by molar-refractivity contribution is 0.0576. The van der Waals surface area contributed by atoms with E-state index < -0.39 is 0 Å². The third-order valence-electron chi connectivity index (χ3n) is 3.57. The second-order valence-corrected chi connectivity index (χ2v) is 5.83. The first-order valence-electron chi connectivity index (χ1n) is 6.74. The molecule has 1 aliphatic heterocycles. The molecule has 0 saturated carbocycles. The number of carbonyl (C=O) groups is 2. The van der Waals surface area contributed by atoms with Crippen LogP contribution in [0.1, 0.15) is 51.4 Å². The van der Waals surface area contributed by atoms with Gasteiger partial charge in [-0.1, -0.05) is 31.5 Å². The third-order valence-corrected chi connectivity index (χ3v) is 4.54. The van der Waals surface area contributed by atoms with E-state index in [0.29, 0.717) is 11.1 Å². The van der Waals surface area contributed by atoms with Crippen molar-refractivity contribution in [3.63, 3.8) is 0 Å². The smallest absolute Gasteiger partial charge is 0.262 e. The first-order valence-corrected chi connectivity index (χ1v) is 7.62. The van der Waals surface area contributed by atoms with Crippen LogP contribution in [0.5, 0.6) is 0 Å². The molecule has 4 heteroatoms. The molecule has 1 aromatic carbocycles. The van der Waals surface area contributed by atoms with Gasteiger partial charge < -0.3 is 0 Å². The monoisotopic (exact) mass is 285 g/mol. The van der Waals surface area contributed by atoms with Gasteiger partial charge in [-0.25, -0.2) is 0 Å². The Hall–Kier alpha value is -1.94. The zero-order valence-corrected chi connectivity index (χ0v) is 12.0. The van der Waals surface area contributed by atoms with Crippen molar-refractivity contribution in [3.05, 3.63) is 57.8 Å². The zero-order chi connectivity index (χ0) is 14.1. The summed E-state index contributed by atoms with van der Waals surface area (Å²) in [7, 11) is 0. The van der Waals surface area contributed by atoms with Gasteiger partial charge >= 0.3 is 0 Å². The Bertz CT molecular complexity index is 613. The molecule has 1 atom stereocenters. The summed E-state index contributed by atoms with van der Waals surface area (Å²) in [5, 5.41) is 1.98. The standard InChI is InChI=1S/C16H15NO2S/c1-2-6-13(14-9-5-10-20-14)17-15(18)11-7-3-4-8-12(11)16(17)19/h3-5,7-10,13H,2,6H2,1H3. The van der Waals surface area contributed by atoms with Crippen molar-refractivity contribution in [1.29, 1.82) is 0 Å². The number of amides is 2. The summed E-state index contributed by atoms with van der Waals surface area (Å²) >= 11 is 1.59. The molecule has 2 heterocycles. The molecule has 2 aromatic rings. The SMILES string of the molecule is CCCC(c1cccs1)N1C(=O)c2ccccc2C1=O. The average molecular weight is 285 g/mol. The Labute approximate surface area is 121 Å². The van der Waals surface area contributed by atoms with Crippen LogP contribution in [0.3, 0.4) is 0 Å². The highest BCUT2D eigenvalue weighted by molar-refractivity contribution is 7.10. The Balaban J connectivity index is 2.02.